The largest absolute Gasteiger partial charge is 0.438 e. The van der Waals surface area contributed by atoms with Crippen molar-refractivity contribution in [3.05, 3.63) is 52.2 Å². The third kappa shape index (κ3) is 3.25. The summed E-state index contributed by atoms with van der Waals surface area (Å²) in [5, 5.41) is 10.2. The molecule has 0 spiro atoms. The summed E-state index contributed by atoms with van der Waals surface area (Å²) in [6.45, 7) is 5.58. The smallest absolute Gasteiger partial charge is 0.219 e. The minimum atomic E-state index is -0.544. The van der Waals surface area contributed by atoms with Crippen molar-refractivity contribution in [2.75, 3.05) is 0 Å². The first-order valence-corrected chi connectivity index (χ1v) is 6.44. The number of aryl methyl sites for hydroxylation is 2. The fraction of sp³-hybridized carbons (Fsp3) is 0.267. The Kier molecular flexibility index (Phi) is 4.08. The molecule has 0 unspecified atom stereocenters. The number of pyridine rings is 1. The zero-order valence-corrected chi connectivity index (χ0v) is 11.9. The van der Waals surface area contributed by atoms with Crippen LogP contribution in [0.5, 0.6) is 11.6 Å². The second-order valence-electron chi connectivity index (χ2n) is 4.57. The van der Waals surface area contributed by atoms with Gasteiger partial charge in [0.05, 0.1) is 6.10 Å². The summed E-state index contributed by atoms with van der Waals surface area (Å²) in [6.07, 6.45) is 1.08. The third-order valence-corrected chi connectivity index (χ3v) is 3.09. The maximum Gasteiger partial charge on any atom is 0.219 e. The van der Waals surface area contributed by atoms with E-state index in [2.05, 4.69) is 4.98 Å². The molecular weight excluding hydrogens is 262 g/mol. The number of aliphatic hydroxyl groups is 1. The fourth-order valence-electron chi connectivity index (χ4n) is 1.90. The molecule has 0 radical (unpaired) electrons. The predicted octanol–water partition coefficient (Wildman–Crippen LogP) is 4.20. The summed E-state index contributed by atoms with van der Waals surface area (Å²) in [5.74, 6) is 1.21. The Hall–Kier alpha value is -1.58. The third-order valence-electron chi connectivity index (χ3n) is 2.87. The van der Waals surface area contributed by atoms with Gasteiger partial charge in [0, 0.05) is 17.3 Å². The highest BCUT2D eigenvalue weighted by atomic mass is 35.5. The molecule has 2 aromatic rings. The van der Waals surface area contributed by atoms with Crippen LogP contribution in [0.3, 0.4) is 0 Å². The van der Waals surface area contributed by atoms with Gasteiger partial charge < -0.3 is 9.84 Å². The summed E-state index contributed by atoms with van der Waals surface area (Å²) in [5.41, 5.74) is 2.68. The van der Waals surface area contributed by atoms with Gasteiger partial charge in [-0.2, -0.15) is 0 Å². The van der Waals surface area contributed by atoms with Gasteiger partial charge in [0.2, 0.25) is 5.88 Å². The first-order chi connectivity index (χ1) is 8.97. The van der Waals surface area contributed by atoms with Crippen LogP contribution in [-0.4, -0.2) is 10.1 Å². The number of aromatic nitrogens is 1. The average molecular weight is 278 g/mol. The first kappa shape index (κ1) is 13.8. The molecule has 3 nitrogen and oxygen atoms in total. The van der Waals surface area contributed by atoms with Crippen molar-refractivity contribution in [3.8, 4) is 11.6 Å². The lowest BCUT2D eigenvalue weighted by atomic mass is 10.1. The van der Waals surface area contributed by atoms with Gasteiger partial charge in [0.25, 0.3) is 0 Å². The zero-order chi connectivity index (χ0) is 14.0. The number of hydrogen-bond acceptors (Lipinski definition) is 3. The number of nitrogens with zero attached hydrogens (tertiary/aromatic N) is 1. The summed E-state index contributed by atoms with van der Waals surface area (Å²) >= 11 is 5.99. The molecule has 2 rings (SSSR count). The number of ether oxygens (including phenoxy) is 1. The maximum atomic E-state index is 9.56. The lowest BCUT2D eigenvalue weighted by molar-refractivity contribution is 0.198. The molecular formula is C15H16ClNO2. The molecule has 0 aliphatic heterocycles. The highest BCUT2D eigenvalue weighted by Gasteiger charge is 2.09. The molecule has 1 aromatic heterocycles. The Morgan fingerprint density at radius 3 is 2.42 bits per heavy atom. The Balaban J connectivity index is 2.34. The van der Waals surface area contributed by atoms with Crippen molar-refractivity contribution in [3.63, 3.8) is 0 Å². The summed E-state index contributed by atoms with van der Waals surface area (Å²) < 4.78 is 5.80. The Labute approximate surface area is 117 Å². The van der Waals surface area contributed by atoms with Crippen molar-refractivity contribution in [2.24, 2.45) is 0 Å². The van der Waals surface area contributed by atoms with Gasteiger partial charge in [-0.3, -0.25) is 0 Å². The number of hydrogen-bond donors (Lipinski definition) is 1. The average Bonchev–Trinajstić information content (AvgIpc) is 2.34. The molecule has 0 aliphatic carbocycles. The van der Waals surface area contributed by atoms with Crippen LogP contribution in [0.4, 0.5) is 0 Å². The Morgan fingerprint density at radius 1 is 1.21 bits per heavy atom. The van der Waals surface area contributed by atoms with Crippen molar-refractivity contribution in [2.45, 2.75) is 26.9 Å². The standard InChI is InChI=1S/C15H16ClNO2/c1-9-6-13(16)7-10(2)15(9)19-14-8-12(11(3)18)4-5-17-14/h4-8,11,18H,1-3H3/t11-/m1/s1. The van der Waals surface area contributed by atoms with Crippen LogP contribution < -0.4 is 4.74 Å². The van der Waals surface area contributed by atoms with Gasteiger partial charge in [-0.1, -0.05) is 11.6 Å². The molecule has 100 valence electrons. The molecule has 0 bridgehead atoms. The van der Waals surface area contributed by atoms with E-state index in [4.69, 9.17) is 16.3 Å². The minimum Gasteiger partial charge on any atom is -0.438 e. The highest BCUT2D eigenvalue weighted by Crippen LogP contribution is 2.31. The first-order valence-electron chi connectivity index (χ1n) is 6.06. The van der Waals surface area contributed by atoms with E-state index < -0.39 is 6.10 Å². The molecule has 1 aromatic carbocycles. The van der Waals surface area contributed by atoms with Gasteiger partial charge in [0.15, 0.2) is 0 Å². The number of aliphatic hydroxyl groups excluding tert-OH is 1. The predicted molar refractivity (Wildman–Crippen MR) is 75.9 cm³/mol. The molecule has 19 heavy (non-hydrogen) atoms. The van der Waals surface area contributed by atoms with E-state index in [1.165, 1.54) is 0 Å². The molecule has 0 fully saturated rings. The van der Waals surface area contributed by atoms with E-state index in [0.29, 0.717) is 10.9 Å². The highest BCUT2D eigenvalue weighted by molar-refractivity contribution is 6.30. The van der Waals surface area contributed by atoms with E-state index in [1.807, 2.05) is 26.0 Å². The van der Waals surface area contributed by atoms with Gasteiger partial charge in [-0.15, -0.1) is 0 Å². The SMILES string of the molecule is Cc1cc(Cl)cc(C)c1Oc1cc([C@@H](C)O)ccn1. The van der Waals surface area contributed by atoms with Crippen LogP contribution in [0.15, 0.2) is 30.5 Å². The number of rotatable bonds is 3. The van der Waals surface area contributed by atoms with Crippen molar-refractivity contribution in [1.29, 1.82) is 0 Å². The summed E-state index contributed by atoms with van der Waals surface area (Å²) in [7, 11) is 0. The lowest BCUT2D eigenvalue weighted by Crippen LogP contribution is -1.96. The molecule has 4 heteroatoms. The number of halogens is 1. The second kappa shape index (κ2) is 5.59. The van der Waals surface area contributed by atoms with E-state index in [-0.39, 0.29) is 0 Å². The summed E-state index contributed by atoms with van der Waals surface area (Å²) in [6, 6.07) is 7.20. The lowest BCUT2D eigenvalue weighted by Gasteiger charge is -2.12. The Morgan fingerprint density at radius 2 is 1.84 bits per heavy atom. The van der Waals surface area contributed by atoms with E-state index >= 15 is 0 Å². The van der Waals surface area contributed by atoms with Gasteiger partial charge >= 0.3 is 0 Å². The van der Waals surface area contributed by atoms with Crippen molar-refractivity contribution >= 4 is 11.6 Å². The van der Waals surface area contributed by atoms with Crippen LogP contribution in [0.2, 0.25) is 5.02 Å². The molecule has 0 aliphatic rings. The van der Waals surface area contributed by atoms with Crippen LogP contribution in [-0.2, 0) is 0 Å². The molecule has 1 heterocycles. The van der Waals surface area contributed by atoms with Gasteiger partial charge in [-0.05, 0) is 55.7 Å². The number of benzene rings is 1. The van der Waals surface area contributed by atoms with Crippen molar-refractivity contribution < 1.29 is 9.84 Å². The monoisotopic (exact) mass is 277 g/mol. The van der Waals surface area contributed by atoms with Crippen LogP contribution in [0.25, 0.3) is 0 Å². The second-order valence-corrected chi connectivity index (χ2v) is 5.01. The maximum absolute atomic E-state index is 9.56. The van der Waals surface area contributed by atoms with E-state index in [9.17, 15) is 5.11 Å². The zero-order valence-electron chi connectivity index (χ0n) is 11.1. The van der Waals surface area contributed by atoms with Crippen LogP contribution in [0.1, 0.15) is 29.7 Å². The molecule has 0 amide bonds. The van der Waals surface area contributed by atoms with Gasteiger partial charge in [0.1, 0.15) is 5.75 Å². The van der Waals surface area contributed by atoms with Gasteiger partial charge in [-0.25, -0.2) is 4.98 Å². The molecule has 1 atom stereocenters. The minimum absolute atomic E-state index is 0.465. The summed E-state index contributed by atoms with van der Waals surface area (Å²) in [4.78, 5) is 4.16. The van der Waals surface area contributed by atoms with E-state index in [1.54, 1.807) is 25.3 Å². The normalized spacial score (nSPS) is 12.3. The van der Waals surface area contributed by atoms with E-state index in [0.717, 1.165) is 22.4 Å². The van der Waals surface area contributed by atoms with Crippen LogP contribution in [0, 0.1) is 13.8 Å². The molecule has 1 N–H and O–H groups in total. The quantitative estimate of drug-likeness (QED) is 0.914. The molecule has 0 saturated carbocycles. The van der Waals surface area contributed by atoms with Crippen molar-refractivity contribution in [1.82, 2.24) is 4.98 Å². The molecule has 0 saturated heterocycles. The fourth-order valence-corrected chi connectivity index (χ4v) is 2.23. The Bertz CT molecular complexity index is 573. The topological polar surface area (TPSA) is 42.4 Å². The van der Waals surface area contributed by atoms with Crippen LogP contribution >= 0.6 is 11.6 Å².